The first-order valence-electron chi connectivity index (χ1n) is 4.44. The molecule has 0 saturated carbocycles. The van der Waals surface area contributed by atoms with Gasteiger partial charge in [0.15, 0.2) is 0 Å². The van der Waals surface area contributed by atoms with Crippen molar-refractivity contribution in [2.24, 2.45) is 0 Å². The lowest BCUT2D eigenvalue weighted by molar-refractivity contribution is 0.676. The van der Waals surface area contributed by atoms with Crippen molar-refractivity contribution < 1.29 is 0 Å². The van der Waals surface area contributed by atoms with E-state index in [-0.39, 0.29) is 0 Å². The van der Waals surface area contributed by atoms with Crippen LogP contribution in [0.1, 0.15) is 16.3 Å². The van der Waals surface area contributed by atoms with Gasteiger partial charge in [0, 0.05) is 17.6 Å². The highest BCUT2D eigenvalue weighted by Gasteiger charge is 1.96. The third-order valence-electron chi connectivity index (χ3n) is 1.65. The highest BCUT2D eigenvalue weighted by Crippen LogP contribution is 2.10. The molecule has 74 valence electrons. The van der Waals surface area contributed by atoms with Gasteiger partial charge in [-0.2, -0.15) is 11.8 Å². The Morgan fingerprint density at radius 1 is 1.62 bits per heavy atom. The standard InChI is InChI=1S/C9H16N2S2/c1-8-6-11-9(13-8)7-10-4-3-5-12-2/h6,10H,3-5,7H2,1-2H3. The molecule has 1 heterocycles. The van der Waals surface area contributed by atoms with E-state index in [1.807, 2.05) is 18.0 Å². The largest absolute Gasteiger partial charge is 0.310 e. The minimum Gasteiger partial charge on any atom is -0.310 e. The predicted octanol–water partition coefficient (Wildman–Crippen LogP) is 2.29. The molecule has 2 nitrogen and oxygen atoms in total. The summed E-state index contributed by atoms with van der Waals surface area (Å²) in [7, 11) is 0. The number of hydrogen-bond donors (Lipinski definition) is 1. The summed E-state index contributed by atoms with van der Waals surface area (Å²) >= 11 is 3.67. The summed E-state index contributed by atoms with van der Waals surface area (Å²) in [6.07, 6.45) is 5.32. The second-order valence-corrected chi connectivity index (χ2v) is 5.19. The second-order valence-electron chi connectivity index (χ2n) is 2.89. The number of thioether (sulfide) groups is 1. The van der Waals surface area contributed by atoms with Crippen molar-refractivity contribution in [2.45, 2.75) is 19.9 Å². The molecule has 0 saturated heterocycles. The van der Waals surface area contributed by atoms with Crippen LogP contribution in [0.15, 0.2) is 6.20 Å². The summed E-state index contributed by atoms with van der Waals surface area (Å²) < 4.78 is 0. The lowest BCUT2D eigenvalue weighted by atomic mass is 10.5. The molecular formula is C9H16N2S2. The minimum atomic E-state index is 0.923. The molecule has 1 aromatic rings. The molecule has 4 heteroatoms. The van der Waals surface area contributed by atoms with E-state index in [2.05, 4.69) is 23.5 Å². The maximum absolute atomic E-state index is 4.28. The molecule has 0 spiro atoms. The molecule has 1 aromatic heterocycles. The van der Waals surface area contributed by atoms with Crippen molar-refractivity contribution in [2.75, 3.05) is 18.6 Å². The summed E-state index contributed by atoms with van der Waals surface area (Å²) in [5, 5.41) is 4.58. The van der Waals surface area contributed by atoms with Crippen LogP contribution >= 0.6 is 23.1 Å². The molecule has 1 N–H and O–H groups in total. The molecule has 0 amide bonds. The van der Waals surface area contributed by atoms with E-state index >= 15 is 0 Å². The lowest BCUT2D eigenvalue weighted by Gasteiger charge is -2.00. The number of hydrogen-bond acceptors (Lipinski definition) is 4. The average Bonchev–Trinajstić information content (AvgIpc) is 2.51. The van der Waals surface area contributed by atoms with E-state index in [0.29, 0.717) is 0 Å². The average molecular weight is 216 g/mol. The van der Waals surface area contributed by atoms with Crippen LogP contribution in [-0.4, -0.2) is 23.5 Å². The quantitative estimate of drug-likeness (QED) is 0.739. The Balaban J connectivity index is 2.06. The fraction of sp³-hybridized carbons (Fsp3) is 0.667. The summed E-state index contributed by atoms with van der Waals surface area (Å²) in [6, 6.07) is 0. The van der Waals surface area contributed by atoms with E-state index in [1.54, 1.807) is 11.3 Å². The van der Waals surface area contributed by atoms with E-state index in [1.165, 1.54) is 22.1 Å². The Hall–Kier alpha value is -0.0600. The highest BCUT2D eigenvalue weighted by molar-refractivity contribution is 7.98. The van der Waals surface area contributed by atoms with Crippen molar-refractivity contribution in [1.29, 1.82) is 0 Å². The molecule has 0 aliphatic heterocycles. The molecule has 0 radical (unpaired) electrons. The molecule has 0 aliphatic carbocycles. The van der Waals surface area contributed by atoms with Crippen molar-refractivity contribution in [3.8, 4) is 0 Å². The molecule has 0 atom stereocenters. The first-order chi connectivity index (χ1) is 6.33. The summed E-state index contributed by atoms with van der Waals surface area (Å²) in [4.78, 5) is 5.58. The Bertz CT molecular complexity index is 235. The number of thiazole rings is 1. The van der Waals surface area contributed by atoms with Crippen molar-refractivity contribution in [1.82, 2.24) is 10.3 Å². The van der Waals surface area contributed by atoms with Crippen LogP contribution in [-0.2, 0) is 6.54 Å². The molecule has 13 heavy (non-hydrogen) atoms. The number of rotatable bonds is 6. The Kier molecular flexibility index (Phi) is 5.43. The number of nitrogens with zero attached hydrogens (tertiary/aromatic N) is 1. The van der Waals surface area contributed by atoms with E-state index in [4.69, 9.17) is 0 Å². The van der Waals surface area contributed by atoms with Crippen molar-refractivity contribution >= 4 is 23.1 Å². The van der Waals surface area contributed by atoms with Gasteiger partial charge < -0.3 is 5.32 Å². The zero-order chi connectivity index (χ0) is 9.52. The Morgan fingerprint density at radius 3 is 3.08 bits per heavy atom. The monoisotopic (exact) mass is 216 g/mol. The van der Waals surface area contributed by atoms with Gasteiger partial charge >= 0.3 is 0 Å². The lowest BCUT2D eigenvalue weighted by Crippen LogP contribution is -2.14. The summed E-state index contributed by atoms with van der Waals surface area (Å²) in [6.45, 7) is 4.11. The fourth-order valence-electron chi connectivity index (χ4n) is 1.02. The van der Waals surface area contributed by atoms with Gasteiger partial charge in [-0.15, -0.1) is 11.3 Å². The second kappa shape index (κ2) is 6.40. The Labute approximate surface area is 88.2 Å². The number of aromatic nitrogens is 1. The predicted molar refractivity (Wildman–Crippen MR) is 61.6 cm³/mol. The highest BCUT2D eigenvalue weighted by atomic mass is 32.2. The molecule has 0 aromatic carbocycles. The van der Waals surface area contributed by atoms with Gasteiger partial charge in [0.05, 0.1) is 0 Å². The van der Waals surface area contributed by atoms with Gasteiger partial charge in [0.1, 0.15) is 5.01 Å². The van der Waals surface area contributed by atoms with Crippen LogP contribution < -0.4 is 5.32 Å². The van der Waals surface area contributed by atoms with Crippen LogP contribution in [0.2, 0.25) is 0 Å². The molecular weight excluding hydrogens is 200 g/mol. The normalized spacial score (nSPS) is 10.6. The van der Waals surface area contributed by atoms with Gasteiger partial charge in [0.25, 0.3) is 0 Å². The number of aryl methyl sites for hydroxylation is 1. The van der Waals surface area contributed by atoms with Gasteiger partial charge in [-0.1, -0.05) is 0 Å². The van der Waals surface area contributed by atoms with Crippen LogP contribution in [0.25, 0.3) is 0 Å². The fourth-order valence-corrected chi connectivity index (χ4v) is 2.21. The smallest absolute Gasteiger partial charge is 0.107 e. The zero-order valence-electron chi connectivity index (χ0n) is 8.17. The van der Waals surface area contributed by atoms with Crippen LogP contribution in [0.5, 0.6) is 0 Å². The Morgan fingerprint density at radius 2 is 2.46 bits per heavy atom. The number of nitrogens with one attached hydrogen (secondary N) is 1. The minimum absolute atomic E-state index is 0.923. The van der Waals surface area contributed by atoms with Gasteiger partial charge in [-0.05, 0) is 31.9 Å². The van der Waals surface area contributed by atoms with Gasteiger partial charge in [-0.3, -0.25) is 0 Å². The molecule has 0 fully saturated rings. The molecule has 1 rings (SSSR count). The van der Waals surface area contributed by atoms with Gasteiger partial charge in [0.2, 0.25) is 0 Å². The van der Waals surface area contributed by atoms with Crippen molar-refractivity contribution in [3.63, 3.8) is 0 Å². The van der Waals surface area contributed by atoms with Gasteiger partial charge in [-0.25, -0.2) is 4.98 Å². The third-order valence-corrected chi connectivity index (χ3v) is 3.26. The first-order valence-corrected chi connectivity index (χ1v) is 6.65. The maximum Gasteiger partial charge on any atom is 0.107 e. The summed E-state index contributed by atoms with van der Waals surface area (Å²) in [5.41, 5.74) is 0. The first kappa shape index (κ1) is 11.0. The zero-order valence-corrected chi connectivity index (χ0v) is 9.80. The molecule has 0 aliphatic rings. The third kappa shape index (κ3) is 4.64. The summed E-state index contributed by atoms with van der Waals surface area (Å²) in [5.74, 6) is 1.24. The topological polar surface area (TPSA) is 24.9 Å². The van der Waals surface area contributed by atoms with Crippen LogP contribution in [0, 0.1) is 6.92 Å². The van der Waals surface area contributed by atoms with E-state index < -0.39 is 0 Å². The molecule has 0 unspecified atom stereocenters. The molecule has 0 bridgehead atoms. The van der Waals surface area contributed by atoms with E-state index in [0.717, 1.165) is 13.1 Å². The SMILES string of the molecule is CSCCCNCc1ncc(C)s1. The van der Waals surface area contributed by atoms with Crippen LogP contribution in [0.3, 0.4) is 0 Å². The van der Waals surface area contributed by atoms with Crippen molar-refractivity contribution in [3.05, 3.63) is 16.1 Å². The maximum atomic E-state index is 4.28. The van der Waals surface area contributed by atoms with Crippen LogP contribution in [0.4, 0.5) is 0 Å². The van der Waals surface area contributed by atoms with E-state index in [9.17, 15) is 0 Å².